The van der Waals surface area contributed by atoms with Crippen molar-refractivity contribution in [1.29, 1.82) is 0 Å². The number of hydrogen-bond acceptors (Lipinski definition) is 7. The Balaban J connectivity index is 2.03. The molecule has 2 N–H and O–H groups in total. The monoisotopic (exact) mass is 450 g/mol. The summed E-state index contributed by atoms with van der Waals surface area (Å²) in [5.74, 6) is -0.119. The van der Waals surface area contributed by atoms with Gasteiger partial charge in [0.2, 0.25) is 0 Å². The van der Waals surface area contributed by atoms with Crippen molar-refractivity contribution in [2.24, 2.45) is 17.8 Å². The van der Waals surface area contributed by atoms with Gasteiger partial charge >= 0.3 is 7.82 Å². The second-order valence-corrected chi connectivity index (χ2v) is 10.4. The predicted molar refractivity (Wildman–Crippen MR) is 113 cm³/mol. The predicted octanol–water partition coefficient (Wildman–Crippen LogP) is 3.66. The van der Waals surface area contributed by atoms with E-state index in [0.717, 1.165) is 0 Å². The number of rotatable bonds is 11. The van der Waals surface area contributed by atoms with Crippen molar-refractivity contribution in [2.75, 3.05) is 13.2 Å². The maximum atomic E-state index is 12.8. The van der Waals surface area contributed by atoms with Crippen LogP contribution < -0.4 is 0 Å². The standard InChI is InChI=1S/C21H39O8P/c1-12(2)25-11-18-17(10-22)14(5)8-19(18)29-30(23,24)28-16(7)21-20(26-13(3)4)9-15(6)27-21/h12-15,17-22H,7-11H2,1-6H3,(H,23,24)/t14-,15-,17?,18-,19+,20+,21+/m0/s1. The van der Waals surface area contributed by atoms with Crippen LogP contribution in [0.2, 0.25) is 0 Å². The largest absolute Gasteiger partial charge is 0.527 e. The Morgan fingerprint density at radius 1 is 1.13 bits per heavy atom. The lowest BCUT2D eigenvalue weighted by Gasteiger charge is -2.28. The molecule has 0 amide bonds. The average molecular weight is 451 g/mol. The zero-order chi connectivity index (χ0) is 22.6. The molecule has 0 radical (unpaired) electrons. The number of hydrogen-bond donors (Lipinski definition) is 2. The molecule has 0 aromatic rings. The molecule has 8 nitrogen and oxygen atoms in total. The molecule has 2 fully saturated rings. The summed E-state index contributed by atoms with van der Waals surface area (Å²) in [5, 5.41) is 9.78. The van der Waals surface area contributed by atoms with E-state index in [1.165, 1.54) is 0 Å². The molecule has 1 saturated heterocycles. The van der Waals surface area contributed by atoms with Crippen LogP contribution >= 0.6 is 7.82 Å². The first-order valence-electron chi connectivity index (χ1n) is 10.9. The van der Waals surface area contributed by atoms with Crippen LogP contribution in [0.15, 0.2) is 12.3 Å². The van der Waals surface area contributed by atoms with E-state index in [9.17, 15) is 14.6 Å². The van der Waals surface area contributed by atoms with E-state index in [2.05, 4.69) is 6.58 Å². The fourth-order valence-corrected chi connectivity index (χ4v) is 5.41. The Kier molecular flexibility index (Phi) is 9.37. The maximum Gasteiger partial charge on any atom is 0.527 e. The molecule has 0 aromatic heterocycles. The quantitative estimate of drug-likeness (QED) is 0.363. The van der Waals surface area contributed by atoms with Gasteiger partial charge in [-0.2, -0.15) is 0 Å². The van der Waals surface area contributed by atoms with Gasteiger partial charge in [0.1, 0.15) is 11.9 Å². The van der Waals surface area contributed by atoms with Crippen LogP contribution in [0.1, 0.15) is 54.4 Å². The SMILES string of the molecule is C=C(OP(=O)(O)O[C@@H]1C[C@H](C)C(CO)[C@@H]1COC(C)C)[C@H]1O[C@@H](C)C[C@H]1OC(C)C. The van der Waals surface area contributed by atoms with Crippen molar-refractivity contribution in [1.82, 2.24) is 0 Å². The van der Waals surface area contributed by atoms with Crippen LogP contribution in [-0.4, -0.2) is 59.8 Å². The molecular formula is C21H39O8P. The van der Waals surface area contributed by atoms with Gasteiger partial charge in [0.15, 0.2) is 0 Å². The maximum absolute atomic E-state index is 12.8. The summed E-state index contributed by atoms with van der Waals surface area (Å²) in [6, 6.07) is 0. The molecule has 8 atom stereocenters. The molecule has 30 heavy (non-hydrogen) atoms. The van der Waals surface area contributed by atoms with E-state index in [1.807, 2.05) is 41.5 Å². The van der Waals surface area contributed by atoms with Crippen molar-refractivity contribution >= 4 is 7.82 Å². The van der Waals surface area contributed by atoms with Gasteiger partial charge in [-0.1, -0.05) is 13.5 Å². The van der Waals surface area contributed by atoms with Gasteiger partial charge < -0.3 is 23.8 Å². The van der Waals surface area contributed by atoms with Crippen LogP contribution in [0.4, 0.5) is 0 Å². The second-order valence-electron chi connectivity index (χ2n) is 9.10. The molecule has 0 spiro atoms. The fourth-order valence-electron chi connectivity index (χ4n) is 4.38. The van der Waals surface area contributed by atoms with Crippen LogP contribution in [0.5, 0.6) is 0 Å². The number of phosphoric ester groups is 1. The Labute approximate surface area is 180 Å². The smallest absolute Gasteiger partial charge is 0.406 e. The van der Waals surface area contributed by atoms with E-state index in [-0.39, 0.29) is 54.5 Å². The van der Waals surface area contributed by atoms with Gasteiger partial charge in [-0.15, -0.1) is 0 Å². The summed E-state index contributed by atoms with van der Waals surface area (Å²) in [6.07, 6.45) is -0.403. The van der Waals surface area contributed by atoms with Gasteiger partial charge in [0.05, 0.1) is 37.1 Å². The van der Waals surface area contributed by atoms with Gasteiger partial charge in [-0.3, -0.25) is 9.42 Å². The average Bonchev–Trinajstić information content (AvgIpc) is 3.10. The minimum absolute atomic E-state index is 0.0113. The van der Waals surface area contributed by atoms with Gasteiger partial charge in [0, 0.05) is 18.9 Å². The Bertz CT molecular complexity index is 610. The third kappa shape index (κ3) is 7.02. The number of phosphoric acid groups is 1. The minimum atomic E-state index is -4.45. The Morgan fingerprint density at radius 3 is 2.37 bits per heavy atom. The van der Waals surface area contributed by atoms with Crippen molar-refractivity contribution < 1.29 is 37.8 Å². The molecule has 2 unspecified atom stereocenters. The summed E-state index contributed by atoms with van der Waals surface area (Å²) in [5.41, 5.74) is 0. The lowest BCUT2D eigenvalue weighted by atomic mass is 9.91. The molecule has 176 valence electrons. The lowest BCUT2D eigenvalue weighted by Crippen LogP contribution is -2.31. The summed E-state index contributed by atoms with van der Waals surface area (Å²) in [7, 11) is -4.45. The number of ether oxygens (including phenoxy) is 3. The van der Waals surface area contributed by atoms with E-state index < -0.39 is 20.0 Å². The fraction of sp³-hybridized carbons (Fsp3) is 0.905. The van der Waals surface area contributed by atoms with Crippen LogP contribution in [-0.2, 0) is 27.8 Å². The van der Waals surface area contributed by atoms with E-state index in [0.29, 0.717) is 19.4 Å². The highest BCUT2D eigenvalue weighted by Crippen LogP contribution is 2.53. The Morgan fingerprint density at radius 2 is 1.80 bits per heavy atom. The van der Waals surface area contributed by atoms with Crippen molar-refractivity contribution in [3.8, 4) is 0 Å². The van der Waals surface area contributed by atoms with Gasteiger partial charge in [-0.25, -0.2) is 4.57 Å². The van der Waals surface area contributed by atoms with Crippen LogP contribution in [0, 0.1) is 17.8 Å². The zero-order valence-electron chi connectivity index (χ0n) is 19.0. The minimum Gasteiger partial charge on any atom is -0.406 e. The summed E-state index contributed by atoms with van der Waals surface area (Å²) in [6.45, 7) is 15.7. The molecule has 1 saturated carbocycles. The summed E-state index contributed by atoms with van der Waals surface area (Å²) >= 11 is 0. The third-order valence-corrected chi connectivity index (χ3v) is 6.74. The molecule has 1 aliphatic heterocycles. The molecule has 1 heterocycles. The molecule has 9 heteroatoms. The topological polar surface area (TPSA) is 104 Å². The first kappa shape index (κ1) is 25.8. The van der Waals surface area contributed by atoms with E-state index >= 15 is 0 Å². The van der Waals surface area contributed by atoms with E-state index in [4.69, 9.17) is 23.3 Å². The number of aliphatic hydroxyl groups is 1. The number of aliphatic hydroxyl groups excluding tert-OH is 1. The molecular weight excluding hydrogens is 411 g/mol. The zero-order valence-corrected chi connectivity index (χ0v) is 19.9. The molecule has 2 rings (SSSR count). The van der Waals surface area contributed by atoms with Crippen LogP contribution in [0.3, 0.4) is 0 Å². The second kappa shape index (κ2) is 10.9. The third-order valence-electron chi connectivity index (χ3n) is 5.74. The van der Waals surface area contributed by atoms with Crippen molar-refractivity contribution in [3.05, 3.63) is 12.3 Å². The first-order valence-corrected chi connectivity index (χ1v) is 12.4. The summed E-state index contributed by atoms with van der Waals surface area (Å²) in [4.78, 5) is 10.4. The Hall–Kier alpha value is -0.470. The van der Waals surface area contributed by atoms with Crippen molar-refractivity contribution in [2.45, 2.75) is 91.0 Å². The molecule has 2 aliphatic rings. The van der Waals surface area contributed by atoms with Gasteiger partial charge in [-0.05, 0) is 52.9 Å². The molecule has 0 aromatic carbocycles. The van der Waals surface area contributed by atoms with Crippen molar-refractivity contribution in [3.63, 3.8) is 0 Å². The summed E-state index contributed by atoms with van der Waals surface area (Å²) < 4.78 is 41.0. The highest BCUT2D eigenvalue weighted by Gasteiger charge is 2.46. The highest BCUT2D eigenvalue weighted by molar-refractivity contribution is 7.47. The van der Waals surface area contributed by atoms with E-state index in [1.54, 1.807) is 0 Å². The lowest BCUT2D eigenvalue weighted by molar-refractivity contribution is -0.0444. The molecule has 0 bridgehead atoms. The first-order chi connectivity index (χ1) is 13.9. The highest BCUT2D eigenvalue weighted by atomic mass is 31.2. The normalized spacial score (nSPS) is 36.4. The molecule has 1 aliphatic carbocycles. The van der Waals surface area contributed by atoms with Crippen LogP contribution in [0.25, 0.3) is 0 Å². The van der Waals surface area contributed by atoms with Gasteiger partial charge in [0.25, 0.3) is 0 Å².